The lowest BCUT2D eigenvalue weighted by molar-refractivity contribution is -0.116. The summed E-state index contributed by atoms with van der Waals surface area (Å²) in [4.78, 5) is 12.3. The summed E-state index contributed by atoms with van der Waals surface area (Å²) in [6.07, 6.45) is 4.36. The molecule has 6 heteroatoms. The van der Waals surface area contributed by atoms with E-state index in [4.69, 9.17) is 23.2 Å². The molecule has 1 amide bonds. The first kappa shape index (κ1) is 16.6. The molecule has 0 unspecified atom stereocenters. The number of amides is 1. The number of aryl methyl sites for hydroxylation is 1. The fourth-order valence-electron chi connectivity index (χ4n) is 2.39. The molecule has 1 heterocycles. The molecule has 0 aliphatic heterocycles. The zero-order valence-corrected chi connectivity index (χ0v) is 14.3. The molecule has 0 saturated carbocycles. The Kier molecular flexibility index (Phi) is 5.18. The lowest BCUT2D eigenvalue weighted by Gasteiger charge is -2.11. The highest BCUT2D eigenvalue weighted by molar-refractivity contribution is 6.42. The molecule has 0 spiro atoms. The lowest BCUT2D eigenvalue weighted by Crippen LogP contribution is -2.14. The maximum absolute atomic E-state index is 12.3. The number of anilines is 1. The monoisotopic (exact) mass is 359 g/mol. The molecule has 24 heavy (non-hydrogen) atoms. The van der Waals surface area contributed by atoms with Crippen LogP contribution in [-0.2, 0) is 11.2 Å². The van der Waals surface area contributed by atoms with Crippen LogP contribution in [0.15, 0.2) is 60.9 Å². The van der Waals surface area contributed by atoms with Crippen LogP contribution in [0.3, 0.4) is 0 Å². The molecule has 122 valence electrons. The maximum atomic E-state index is 12.3. The number of hydrogen-bond acceptors (Lipinski definition) is 2. The first-order valence-electron chi connectivity index (χ1n) is 7.47. The van der Waals surface area contributed by atoms with E-state index in [1.807, 2.05) is 48.7 Å². The van der Waals surface area contributed by atoms with Crippen LogP contribution in [0.2, 0.25) is 10.0 Å². The summed E-state index contributed by atoms with van der Waals surface area (Å²) in [7, 11) is 0. The predicted octanol–water partition coefficient (Wildman–Crippen LogP) is 4.75. The third-order valence-corrected chi connectivity index (χ3v) is 4.44. The summed E-state index contributed by atoms with van der Waals surface area (Å²) in [6, 6.07) is 14.8. The second-order valence-corrected chi connectivity index (χ2v) is 6.01. The Bertz CT molecular complexity index is 847. The predicted molar refractivity (Wildman–Crippen MR) is 97.0 cm³/mol. The van der Waals surface area contributed by atoms with Crippen LogP contribution in [0.25, 0.3) is 5.69 Å². The third kappa shape index (κ3) is 3.78. The Labute approximate surface area is 150 Å². The quantitative estimate of drug-likeness (QED) is 0.714. The van der Waals surface area contributed by atoms with Gasteiger partial charge in [0.25, 0.3) is 0 Å². The topological polar surface area (TPSA) is 46.9 Å². The van der Waals surface area contributed by atoms with Crippen molar-refractivity contribution < 1.29 is 4.79 Å². The summed E-state index contributed by atoms with van der Waals surface area (Å²) in [5, 5.41) is 8.13. The van der Waals surface area contributed by atoms with Gasteiger partial charge < -0.3 is 5.32 Å². The van der Waals surface area contributed by atoms with Crippen molar-refractivity contribution in [3.63, 3.8) is 0 Å². The van der Waals surface area contributed by atoms with Gasteiger partial charge in [-0.3, -0.25) is 4.79 Å². The summed E-state index contributed by atoms with van der Waals surface area (Å²) in [5.74, 6) is -0.0920. The van der Waals surface area contributed by atoms with Gasteiger partial charge in [-0.2, -0.15) is 5.10 Å². The van der Waals surface area contributed by atoms with Crippen LogP contribution in [0.5, 0.6) is 0 Å². The zero-order chi connectivity index (χ0) is 16.9. The number of halogens is 2. The van der Waals surface area contributed by atoms with Crippen molar-refractivity contribution in [2.24, 2.45) is 0 Å². The second kappa shape index (κ2) is 7.51. The fourth-order valence-corrected chi connectivity index (χ4v) is 2.81. The largest absolute Gasteiger partial charge is 0.324 e. The highest BCUT2D eigenvalue weighted by Gasteiger charge is 2.10. The second-order valence-electron chi connectivity index (χ2n) is 5.23. The summed E-state index contributed by atoms with van der Waals surface area (Å²) >= 11 is 12.1. The molecular formula is C18H15Cl2N3O. The number of rotatable bonds is 5. The Morgan fingerprint density at radius 3 is 2.71 bits per heavy atom. The molecule has 3 aromatic rings. The molecule has 0 aliphatic rings. The van der Waals surface area contributed by atoms with E-state index < -0.39 is 0 Å². The fraction of sp³-hybridized carbons (Fsp3) is 0.111. The Balaban J connectivity index is 1.69. The van der Waals surface area contributed by atoms with Gasteiger partial charge in [0.05, 0.1) is 21.4 Å². The number of carbonyl (C=O) groups is 1. The van der Waals surface area contributed by atoms with Gasteiger partial charge >= 0.3 is 0 Å². The van der Waals surface area contributed by atoms with E-state index in [-0.39, 0.29) is 5.91 Å². The smallest absolute Gasteiger partial charge is 0.224 e. The van der Waals surface area contributed by atoms with E-state index in [1.54, 1.807) is 16.9 Å². The van der Waals surface area contributed by atoms with Crippen LogP contribution in [-0.4, -0.2) is 15.7 Å². The van der Waals surface area contributed by atoms with Gasteiger partial charge in [-0.25, -0.2) is 4.68 Å². The van der Waals surface area contributed by atoms with Crippen LogP contribution in [0.4, 0.5) is 5.69 Å². The van der Waals surface area contributed by atoms with Crippen LogP contribution < -0.4 is 5.32 Å². The number of para-hydroxylation sites is 2. The van der Waals surface area contributed by atoms with Crippen molar-refractivity contribution in [2.45, 2.75) is 12.8 Å². The van der Waals surface area contributed by atoms with E-state index in [2.05, 4.69) is 10.4 Å². The molecule has 4 nitrogen and oxygen atoms in total. The van der Waals surface area contributed by atoms with Gasteiger partial charge in [0, 0.05) is 18.8 Å². The first-order chi connectivity index (χ1) is 11.6. The minimum atomic E-state index is -0.0920. The van der Waals surface area contributed by atoms with E-state index in [9.17, 15) is 4.79 Å². The molecule has 0 bridgehead atoms. The number of carbonyl (C=O) groups excluding carboxylic acids is 1. The molecule has 0 radical (unpaired) electrons. The van der Waals surface area contributed by atoms with Crippen molar-refractivity contribution in [1.29, 1.82) is 0 Å². The molecular weight excluding hydrogens is 345 g/mol. The van der Waals surface area contributed by atoms with Crippen molar-refractivity contribution >= 4 is 34.8 Å². The minimum Gasteiger partial charge on any atom is -0.324 e. The van der Waals surface area contributed by atoms with Crippen molar-refractivity contribution in [3.8, 4) is 5.69 Å². The summed E-state index contributed by atoms with van der Waals surface area (Å²) in [5.41, 5.74) is 2.39. The van der Waals surface area contributed by atoms with Gasteiger partial charge in [0.15, 0.2) is 0 Å². The van der Waals surface area contributed by atoms with Crippen LogP contribution in [0, 0.1) is 0 Å². The van der Waals surface area contributed by atoms with Crippen LogP contribution >= 0.6 is 23.2 Å². The maximum Gasteiger partial charge on any atom is 0.224 e. The number of hydrogen-bond donors (Lipinski definition) is 1. The van der Waals surface area contributed by atoms with Crippen molar-refractivity contribution in [1.82, 2.24) is 9.78 Å². The zero-order valence-electron chi connectivity index (χ0n) is 12.7. The summed E-state index contributed by atoms with van der Waals surface area (Å²) < 4.78 is 1.71. The average molecular weight is 360 g/mol. The molecule has 0 fully saturated rings. The Morgan fingerprint density at radius 1 is 1.08 bits per heavy atom. The van der Waals surface area contributed by atoms with Gasteiger partial charge in [0.2, 0.25) is 5.91 Å². The van der Waals surface area contributed by atoms with Gasteiger partial charge in [0.1, 0.15) is 0 Å². The number of benzene rings is 2. The summed E-state index contributed by atoms with van der Waals surface area (Å²) in [6.45, 7) is 0. The molecule has 0 atom stereocenters. The molecule has 0 aliphatic carbocycles. The highest BCUT2D eigenvalue weighted by Crippen LogP contribution is 2.26. The number of nitrogens with zero attached hydrogens (tertiary/aromatic N) is 2. The Morgan fingerprint density at radius 2 is 1.92 bits per heavy atom. The molecule has 0 saturated heterocycles. The van der Waals surface area contributed by atoms with Crippen molar-refractivity contribution in [2.75, 3.05) is 5.32 Å². The SMILES string of the molecule is O=C(CCc1cccc(Cl)c1Cl)Nc1ccccc1-n1cccn1. The Hall–Kier alpha value is -2.30. The first-order valence-corrected chi connectivity index (χ1v) is 8.22. The molecule has 2 aromatic carbocycles. The standard InChI is InChI=1S/C18H15Cl2N3O/c19-14-6-3-5-13(18(14)20)9-10-17(24)22-15-7-1-2-8-16(15)23-12-4-11-21-23/h1-8,11-12H,9-10H2,(H,22,24). The van der Waals surface area contributed by atoms with E-state index in [0.29, 0.717) is 28.6 Å². The highest BCUT2D eigenvalue weighted by atomic mass is 35.5. The third-order valence-electron chi connectivity index (χ3n) is 3.58. The number of aromatic nitrogens is 2. The van der Waals surface area contributed by atoms with E-state index in [1.165, 1.54) is 0 Å². The van der Waals surface area contributed by atoms with Crippen molar-refractivity contribution in [3.05, 3.63) is 76.5 Å². The van der Waals surface area contributed by atoms with Crippen LogP contribution in [0.1, 0.15) is 12.0 Å². The minimum absolute atomic E-state index is 0.0920. The van der Waals surface area contributed by atoms with Gasteiger partial charge in [-0.05, 0) is 36.2 Å². The lowest BCUT2D eigenvalue weighted by atomic mass is 10.1. The average Bonchev–Trinajstić information content (AvgIpc) is 3.11. The molecule has 1 aromatic heterocycles. The van der Waals surface area contributed by atoms with Gasteiger partial charge in [-0.15, -0.1) is 0 Å². The van der Waals surface area contributed by atoms with E-state index in [0.717, 1.165) is 11.3 Å². The molecule has 3 rings (SSSR count). The van der Waals surface area contributed by atoms with Gasteiger partial charge in [-0.1, -0.05) is 47.5 Å². The van der Waals surface area contributed by atoms with E-state index >= 15 is 0 Å². The molecule has 1 N–H and O–H groups in total. The normalized spacial score (nSPS) is 10.6. The number of nitrogens with one attached hydrogen (secondary N) is 1.